The van der Waals surface area contributed by atoms with E-state index in [2.05, 4.69) is 4.72 Å². The van der Waals surface area contributed by atoms with Gasteiger partial charge in [-0.05, 0) is 23.4 Å². The Morgan fingerprint density at radius 1 is 1.71 bits per heavy atom. The van der Waals surface area contributed by atoms with Crippen LogP contribution < -0.4 is 4.72 Å². The summed E-state index contributed by atoms with van der Waals surface area (Å²) in [7, 11) is 0. The van der Waals surface area contributed by atoms with Crippen molar-refractivity contribution in [2.24, 2.45) is 0 Å². The van der Waals surface area contributed by atoms with E-state index >= 15 is 0 Å². The van der Waals surface area contributed by atoms with Crippen molar-refractivity contribution >= 4 is 23.5 Å². The molecule has 0 aromatic heterocycles. The highest BCUT2D eigenvalue weighted by Gasteiger charge is 1.87. The Balaban J connectivity index is 2.58. The minimum atomic E-state index is 0.749. The first-order chi connectivity index (χ1) is 3.39. The number of nitrogens with one attached hydrogen (secondary N) is 1. The lowest BCUT2D eigenvalue weighted by atomic mass is 10.6. The van der Waals surface area contributed by atoms with Crippen LogP contribution >= 0.6 is 23.5 Å². The highest BCUT2D eigenvalue weighted by molar-refractivity contribution is 8.00. The fourth-order valence-electron chi connectivity index (χ4n) is 0.277. The summed E-state index contributed by atoms with van der Waals surface area (Å²) in [6.45, 7) is 0. The van der Waals surface area contributed by atoms with E-state index in [1.54, 1.807) is 6.20 Å². The molecule has 1 aliphatic rings. The highest BCUT2D eigenvalue weighted by atomic mass is 35.5. The van der Waals surface area contributed by atoms with Crippen LogP contribution in [0.3, 0.4) is 0 Å². The molecule has 0 amide bonds. The second-order valence-corrected chi connectivity index (χ2v) is 2.25. The van der Waals surface area contributed by atoms with Crippen LogP contribution in [-0.4, -0.2) is 0 Å². The molecule has 7 heavy (non-hydrogen) atoms. The lowest BCUT2D eigenvalue weighted by molar-refractivity contribution is 1.40. The molecule has 1 aliphatic heterocycles. The van der Waals surface area contributed by atoms with Gasteiger partial charge < -0.3 is 4.72 Å². The lowest BCUT2D eigenvalue weighted by Gasteiger charge is -1.97. The maximum Gasteiger partial charge on any atom is 0.0577 e. The van der Waals surface area contributed by atoms with Crippen molar-refractivity contribution in [2.75, 3.05) is 0 Å². The van der Waals surface area contributed by atoms with Gasteiger partial charge in [-0.1, -0.05) is 11.6 Å². The fourth-order valence-corrected chi connectivity index (χ4v) is 1.02. The molecule has 1 nitrogen and oxygen atoms in total. The van der Waals surface area contributed by atoms with Gasteiger partial charge in [0.25, 0.3) is 0 Å². The van der Waals surface area contributed by atoms with Crippen molar-refractivity contribution in [2.45, 2.75) is 0 Å². The Labute approximate surface area is 51.6 Å². The number of allylic oxidation sites excluding steroid dienone is 2. The van der Waals surface area contributed by atoms with Gasteiger partial charge in [-0.25, -0.2) is 0 Å². The zero-order valence-electron chi connectivity index (χ0n) is 3.52. The molecule has 1 rings (SSSR count). The largest absolute Gasteiger partial charge is 0.331 e. The molecule has 0 aromatic rings. The van der Waals surface area contributed by atoms with Gasteiger partial charge in [-0.3, -0.25) is 0 Å². The molecule has 0 radical (unpaired) electrons. The third-order valence-corrected chi connectivity index (χ3v) is 1.32. The van der Waals surface area contributed by atoms with Crippen LogP contribution in [0, 0.1) is 0 Å². The predicted molar refractivity (Wildman–Crippen MR) is 33.8 cm³/mol. The Kier molecular flexibility index (Phi) is 1.65. The summed E-state index contributed by atoms with van der Waals surface area (Å²) in [6.07, 6.45) is 3.58. The van der Waals surface area contributed by atoms with Crippen LogP contribution in [0.5, 0.6) is 0 Å². The smallest absolute Gasteiger partial charge is 0.0577 e. The quantitative estimate of drug-likeness (QED) is 0.506. The van der Waals surface area contributed by atoms with E-state index in [9.17, 15) is 0 Å². The molecular formula is C4H4ClNS. The first-order valence-electron chi connectivity index (χ1n) is 1.83. The topological polar surface area (TPSA) is 12.0 Å². The van der Waals surface area contributed by atoms with Crippen molar-refractivity contribution in [1.82, 2.24) is 4.72 Å². The predicted octanol–water partition coefficient (Wildman–Crippen LogP) is 1.83. The third kappa shape index (κ3) is 1.45. The molecule has 0 spiro atoms. The van der Waals surface area contributed by atoms with E-state index in [1.165, 1.54) is 11.9 Å². The van der Waals surface area contributed by atoms with Crippen LogP contribution in [-0.2, 0) is 0 Å². The monoisotopic (exact) mass is 133 g/mol. The Morgan fingerprint density at radius 2 is 2.57 bits per heavy atom. The van der Waals surface area contributed by atoms with E-state index in [-0.39, 0.29) is 0 Å². The Hall–Kier alpha value is -0.0800. The highest BCUT2D eigenvalue weighted by Crippen LogP contribution is 2.10. The van der Waals surface area contributed by atoms with Gasteiger partial charge in [0.1, 0.15) is 0 Å². The molecule has 0 saturated carbocycles. The van der Waals surface area contributed by atoms with E-state index in [0.29, 0.717) is 0 Å². The normalized spacial score (nSPS) is 18.1. The first-order valence-corrected chi connectivity index (χ1v) is 3.09. The standard InChI is InChI=1S/C4H4ClNS/c5-4-1-2-7-6-3-4/h1-3,6H. The summed E-state index contributed by atoms with van der Waals surface area (Å²) < 4.78 is 2.87. The molecule has 3 heteroatoms. The molecule has 1 heterocycles. The van der Waals surface area contributed by atoms with E-state index in [4.69, 9.17) is 11.6 Å². The van der Waals surface area contributed by atoms with Crippen LogP contribution in [0.15, 0.2) is 22.7 Å². The summed E-state index contributed by atoms with van der Waals surface area (Å²) in [5.74, 6) is 0. The lowest BCUT2D eigenvalue weighted by Crippen LogP contribution is -1.91. The van der Waals surface area contributed by atoms with Crippen molar-refractivity contribution in [3.05, 3.63) is 22.7 Å². The molecule has 0 aromatic carbocycles. The summed E-state index contributed by atoms with van der Waals surface area (Å²) in [4.78, 5) is 0. The second kappa shape index (κ2) is 2.28. The van der Waals surface area contributed by atoms with Crippen LogP contribution in [0.4, 0.5) is 0 Å². The second-order valence-electron chi connectivity index (χ2n) is 1.07. The van der Waals surface area contributed by atoms with Gasteiger partial charge >= 0.3 is 0 Å². The van der Waals surface area contributed by atoms with E-state index in [1.807, 2.05) is 11.5 Å². The molecule has 0 fully saturated rings. The minimum Gasteiger partial charge on any atom is -0.331 e. The summed E-state index contributed by atoms with van der Waals surface area (Å²) in [5, 5.41) is 2.64. The van der Waals surface area contributed by atoms with Crippen molar-refractivity contribution in [1.29, 1.82) is 0 Å². The summed E-state index contributed by atoms with van der Waals surface area (Å²) in [5.41, 5.74) is 0. The average molecular weight is 134 g/mol. The number of halogens is 1. The third-order valence-electron chi connectivity index (χ3n) is 0.560. The molecule has 0 bridgehead atoms. The van der Waals surface area contributed by atoms with Crippen molar-refractivity contribution in [3.63, 3.8) is 0 Å². The molecule has 0 unspecified atom stereocenters. The molecule has 38 valence electrons. The van der Waals surface area contributed by atoms with Crippen LogP contribution in [0.2, 0.25) is 0 Å². The van der Waals surface area contributed by atoms with Gasteiger partial charge in [-0.15, -0.1) is 0 Å². The fraction of sp³-hybridized carbons (Fsp3) is 0. The van der Waals surface area contributed by atoms with Crippen molar-refractivity contribution in [3.8, 4) is 0 Å². The average Bonchev–Trinajstić information content (AvgIpc) is 1.69. The number of hydrogen-bond acceptors (Lipinski definition) is 2. The maximum absolute atomic E-state index is 5.52. The van der Waals surface area contributed by atoms with Gasteiger partial charge in [0.2, 0.25) is 0 Å². The molecule has 0 aliphatic carbocycles. The Bertz CT molecular complexity index is 119. The minimum absolute atomic E-state index is 0.749. The number of hydrogen-bond donors (Lipinski definition) is 1. The van der Waals surface area contributed by atoms with Gasteiger partial charge in [0, 0.05) is 6.20 Å². The van der Waals surface area contributed by atoms with Crippen LogP contribution in [0.25, 0.3) is 0 Å². The first kappa shape index (κ1) is 5.06. The van der Waals surface area contributed by atoms with Crippen molar-refractivity contribution < 1.29 is 0 Å². The molecule has 0 saturated heterocycles. The van der Waals surface area contributed by atoms with E-state index < -0.39 is 0 Å². The molecule has 1 N–H and O–H groups in total. The van der Waals surface area contributed by atoms with Crippen LogP contribution in [0.1, 0.15) is 0 Å². The van der Waals surface area contributed by atoms with E-state index in [0.717, 1.165) is 5.03 Å². The molecular weight excluding hydrogens is 130 g/mol. The molecule has 0 atom stereocenters. The maximum atomic E-state index is 5.52. The SMILES string of the molecule is ClC1=CNSC=C1. The van der Waals surface area contributed by atoms with Gasteiger partial charge in [0.15, 0.2) is 0 Å². The summed E-state index contributed by atoms with van der Waals surface area (Å²) >= 11 is 7.02. The summed E-state index contributed by atoms with van der Waals surface area (Å²) in [6, 6.07) is 0. The zero-order valence-corrected chi connectivity index (χ0v) is 5.09. The Morgan fingerprint density at radius 3 is 2.86 bits per heavy atom. The zero-order chi connectivity index (χ0) is 5.11. The number of rotatable bonds is 0. The van der Waals surface area contributed by atoms with Gasteiger partial charge in [0.05, 0.1) is 5.03 Å². The van der Waals surface area contributed by atoms with Gasteiger partial charge in [-0.2, -0.15) is 0 Å².